The molecule has 0 spiro atoms. The largest absolute Gasteiger partial charge is 0.462 e. The third-order valence-electron chi connectivity index (χ3n) is 11.7. The number of aliphatic hydroxyl groups is 4. The molecule has 1 rings (SSSR count). The summed E-state index contributed by atoms with van der Waals surface area (Å²) in [6, 6.07) is 0. The molecule has 6 atom stereocenters. The van der Waals surface area contributed by atoms with E-state index in [4.69, 9.17) is 18.9 Å². The molecule has 0 saturated carbocycles. The van der Waals surface area contributed by atoms with Crippen LogP contribution in [0.15, 0.2) is 85.1 Å². The van der Waals surface area contributed by atoms with Crippen LogP contribution in [0.25, 0.3) is 0 Å². The number of aliphatic hydroxyl groups excluding tert-OH is 4. The van der Waals surface area contributed by atoms with Crippen molar-refractivity contribution < 1.29 is 49.0 Å². The molecule has 0 aliphatic carbocycles. The Morgan fingerprint density at radius 2 is 0.881 bits per heavy atom. The highest BCUT2D eigenvalue weighted by Gasteiger charge is 2.44. The van der Waals surface area contributed by atoms with Crippen LogP contribution < -0.4 is 0 Å². The van der Waals surface area contributed by atoms with Gasteiger partial charge in [-0.2, -0.15) is 0 Å². The molecule has 1 saturated heterocycles. The average molecular weight is 941 g/mol. The van der Waals surface area contributed by atoms with E-state index in [2.05, 4.69) is 86.8 Å². The van der Waals surface area contributed by atoms with Gasteiger partial charge in [0.15, 0.2) is 12.4 Å². The molecule has 1 aliphatic heterocycles. The number of ether oxygens (including phenoxy) is 4. The Bertz CT molecular complexity index is 1360. The van der Waals surface area contributed by atoms with Gasteiger partial charge in [-0.05, 0) is 83.5 Å². The van der Waals surface area contributed by atoms with Crippen LogP contribution in [0.3, 0.4) is 0 Å². The van der Waals surface area contributed by atoms with E-state index in [-0.39, 0.29) is 26.1 Å². The van der Waals surface area contributed by atoms with E-state index >= 15 is 0 Å². The Balaban J connectivity index is 2.32. The quantitative estimate of drug-likeness (QED) is 0.0264. The molecule has 1 fully saturated rings. The lowest BCUT2D eigenvalue weighted by atomic mass is 9.99. The maximum atomic E-state index is 12.8. The summed E-state index contributed by atoms with van der Waals surface area (Å²) in [5.74, 6) is -0.955. The van der Waals surface area contributed by atoms with Crippen LogP contribution in [0.2, 0.25) is 0 Å². The molecule has 0 aromatic carbocycles. The molecular formula is C57H96O10. The van der Waals surface area contributed by atoms with Crippen molar-refractivity contribution >= 4 is 11.9 Å². The van der Waals surface area contributed by atoms with Crippen LogP contribution in [0, 0.1) is 0 Å². The second-order valence-electron chi connectivity index (χ2n) is 18.0. The molecule has 1 heterocycles. The second kappa shape index (κ2) is 46.6. The minimum Gasteiger partial charge on any atom is -0.462 e. The van der Waals surface area contributed by atoms with E-state index in [0.717, 1.165) is 51.4 Å². The fraction of sp³-hybridized carbons (Fsp3) is 0.719. The predicted octanol–water partition coefficient (Wildman–Crippen LogP) is 12.9. The molecule has 67 heavy (non-hydrogen) atoms. The zero-order valence-electron chi connectivity index (χ0n) is 42.1. The van der Waals surface area contributed by atoms with Gasteiger partial charge in [-0.25, -0.2) is 0 Å². The van der Waals surface area contributed by atoms with Crippen LogP contribution in [-0.4, -0.2) is 89.0 Å². The van der Waals surface area contributed by atoms with Crippen molar-refractivity contribution in [3.8, 4) is 0 Å². The lowest BCUT2D eigenvalue weighted by Gasteiger charge is -2.39. The summed E-state index contributed by atoms with van der Waals surface area (Å²) >= 11 is 0. The molecule has 1 aliphatic rings. The van der Waals surface area contributed by atoms with E-state index < -0.39 is 55.4 Å². The molecule has 0 bridgehead atoms. The molecule has 10 nitrogen and oxygen atoms in total. The third kappa shape index (κ3) is 37.5. The minimum atomic E-state index is -1.62. The number of carbonyl (C=O) groups is 2. The van der Waals surface area contributed by atoms with Crippen LogP contribution in [0.4, 0.5) is 0 Å². The Hall–Kier alpha value is -3.12. The predicted molar refractivity (Wildman–Crippen MR) is 274 cm³/mol. The Morgan fingerprint density at radius 1 is 0.463 bits per heavy atom. The molecule has 0 amide bonds. The third-order valence-corrected chi connectivity index (χ3v) is 11.7. The fourth-order valence-electron chi connectivity index (χ4n) is 7.54. The van der Waals surface area contributed by atoms with Crippen molar-refractivity contribution in [2.75, 3.05) is 19.8 Å². The number of allylic oxidation sites excluding steroid dienone is 14. The van der Waals surface area contributed by atoms with Gasteiger partial charge in [0.05, 0.1) is 13.2 Å². The molecule has 4 N–H and O–H groups in total. The van der Waals surface area contributed by atoms with Gasteiger partial charge < -0.3 is 39.4 Å². The van der Waals surface area contributed by atoms with Gasteiger partial charge in [-0.3, -0.25) is 9.59 Å². The molecule has 10 heteroatoms. The molecular weight excluding hydrogens is 845 g/mol. The van der Waals surface area contributed by atoms with E-state index in [9.17, 15) is 30.0 Å². The smallest absolute Gasteiger partial charge is 0.306 e. The van der Waals surface area contributed by atoms with Crippen molar-refractivity contribution in [1.82, 2.24) is 0 Å². The Kier molecular flexibility index (Phi) is 43.1. The number of hydrogen-bond donors (Lipinski definition) is 4. The minimum absolute atomic E-state index is 0.0945. The van der Waals surface area contributed by atoms with Crippen LogP contribution in [0.5, 0.6) is 0 Å². The highest BCUT2D eigenvalue weighted by atomic mass is 16.7. The first-order valence-corrected chi connectivity index (χ1v) is 26.7. The Labute approximate surface area is 407 Å². The monoisotopic (exact) mass is 941 g/mol. The molecule has 0 aromatic heterocycles. The summed E-state index contributed by atoms with van der Waals surface area (Å²) < 4.78 is 22.1. The number of unbranched alkanes of at least 4 members (excludes halogenated alkanes) is 19. The van der Waals surface area contributed by atoms with Crippen molar-refractivity contribution in [3.05, 3.63) is 85.1 Å². The highest BCUT2D eigenvalue weighted by Crippen LogP contribution is 2.22. The zero-order valence-corrected chi connectivity index (χ0v) is 42.1. The SMILES string of the molecule is CCCCC/C=C/C/C=C/C/C=C/C/C=C/C/C=C/CCC(=O)O[C@@H](COC(=O)CCC/C=C/CC/C=C/CCCCCCCCCCCCCCCC)CO[C@H]1O[C@@H](CO)[C@@H](O)C(O)C1O. The Morgan fingerprint density at radius 3 is 1.40 bits per heavy atom. The zero-order chi connectivity index (χ0) is 48.7. The number of rotatable bonds is 44. The first-order chi connectivity index (χ1) is 32.8. The highest BCUT2D eigenvalue weighted by molar-refractivity contribution is 5.70. The average Bonchev–Trinajstić information content (AvgIpc) is 3.33. The fourth-order valence-corrected chi connectivity index (χ4v) is 7.54. The number of esters is 2. The lowest BCUT2D eigenvalue weighted by molar-refractivity contribution is -0.305. The van der Waals surface area contributed by atoms with Crippen molar-refractivity contribution in [2.45, 2.75) is 243 Å². The van der Waals surface area contributed by atoms with E-state index in [1.54, 1.807) is 0 Å². The van der Waals surface area contributed by atoms with E-state index in [1.807, 2.05) is 12.2 Å². The van der Waals surface area contributed by atoms with Crippen LogP contribution >= 0.6 is 0 Å². The molecule has 2 unspecified atom stereocenters. The van der Waals surface area contributed by atoms with Crippen molar-refractivity contribution in [1.29, 1.82) is 0 Å². The van der Waals surface area contributed by atoms with Gasteiger partial charge in [0.1, 0.15) is 31.0 Å². The lowest BCUT2D eigenvalue weighted by Crippen LogP contribution is -2.59. The molecule has 0 radical (unpaired) electrons. The van der Waals surface area contributed by atoms with Crippen LogP contribution in [0.1, 0.15) is 206 Å². The summed E-state index contributed by atoms with van der Waals surface area (Å²) in [4.78, 5) is 25.4. The van der Waals surface area contributed by atoms with Gasteiger partial charge in [-0.1, -0.05) is 195 Å². The van der Waals surface area contributed by atoms with E-state index in [0.29, 0.717) is 12.8 Å². The van der Waals surface area contributed by atoms with Gasteiger partial charge in [-0.15, -0.1) is 0 Å². The second-order valence-corrected chi connectivity index (χ2v) is 18.0. The maximum absolute atomic E-state index is 12.8. The van der Waals surface area contributed by atoms with Crippen LogP contribution in [-0.2, 0) is 28.5 Å². The molecule has 384 valence electrons. The van der Waals surface area contributed by atoms with E-state index in [1.165, 1.54) is 116 Å². The number of carbonyl (C=O) groups excluding carboxylic acids is 2. The topological polar surface area (TPSA) is 152 Å². The maximum Gasteiger partial charge on any atom is 0.306 e. The van der Waals surface area contributed by atoms with Gasteiger partial charge in [0.2, 0.25) is 0 Å². The normalized spacial score (nSPS) is 19.8. The summed E-state index contributed by atoms with van der Waals surface area (Å²) in [7, 11) is 0. The first-order valence-electron chi connectivity index (χ1n) is 26.7. The number of hydrogen-bond acceptors (Lipinski definition) is 10. The van der Waals surface area contributed by atoms with Crippen molar-refractivity contribution in [2.24, 2.45) is 0 Å². The summed E-state index contributed by atoms with van der Waals surface area (Å²) in [6.45, 7) is 3.30. The standard InChI is InChI=1S/C57H96O10/c1-3-5-7-9-11-13-15-17-19-21-23-24-25-26-28-29-31-33-35-37-39-41-43-45-52(59)64-48-50(49-65-57-56(63)55(62)54(61)51(47-58)67-57)66-53(60)46-44-42-40-38-36-34-32-30-27-22-20-18-16-14-12-10-8-6-4-2/h12,14,18,20,27,29-31,34,36-37,39-40,42,50-51,54-58,61-63H,3-11,13,15-17,19,21-26,28,32-33,35,38,41,43-49H2,1-2H3/b14-12+,20-18+,30-27+,31-29+,36-34+,39-37+,42-40+/t50-,51-,54+,55?,56?,57-/m0/s1. The van der Waals surface area contributed by atoms with Gasteiger partial charge in [0.25, 0.3) is 0 Å². The molecule has 0 aromatic rings. The summed E-state index contributed by atoms with van der Waals surface area (Å²) in [5, 5.41) is 40.2. The summed E-state index contributed by atoms with van der Waals surface area (Å²) in [5.41, 5.74) is 0. The van der Waals surface area contributed by atoms with Gasteiger partial charge >= 0.3 is 11.9 Å². The van der Waals surface area contributed by atoms with Gasteiger partial charge in [0, 0.05) is 12.8 Å². The van der Waals surface area contributed by atoms with Crippen molar-refractivity contribution in [3.63, 3.8) is 0 Å². The summed E-state index contributed by atoms with van der Waals surface area (Å²) in [6.07, 6.45) is 54.8. The first kappa shape index (κ1) is 61.9.